The van der Waals surface area contributed by atoms with Gasteiger partial charge in [0.1, 0.15) is 15.6 Å². The number of nitrogens with one attached hydrogen (secondary N) is 1. The van der Waals surface area contributed by atoms with Gasteiger partial charge < -0.3 is 19.2 Å². The first-order chi connectivity index (χ1) is 14.7. The van der Waals surface area contributed by atoms with E-state index in [1.807, 2.05) is 19.9 Å². The highest BCUT2D eigenvalue weighted by Gasteiger charge is 2.27. The Hall–Kier alpha value is -3.40. The Morgan fingerprint density at radius 1 is 1.19 bits per heavy atom. The number of methoxy groups -OCH3 is 1. The van der Waals surface area contributed by atoms with E-state index in [9.17, 15) is 14.4 Å². The molecule has 0 unspecified atom stereocenters. The van der Waals surface area contributed by atoms with E-state index in [0.717, 1.165) is 22.7 Å². The lowest BCUT2D eigenvalue weighted by molar-refractivity contribution is 0.0531. The number of esters is 2. The lowest BCUT2D eigenvalue weighted by Gasteiger charge is -2.05. The van der Waals surface area contributed by atoms with Crippen LogP contribution in [-0.2, 0) is 16.0 Å². The van der Waals surface area contributed by atoms with Crippen LogP contribution in [0, 0.1) is 20.8 Å². The molecule has 0 saturated heterocycles. The fourth-order valence-electron chi connectivity index (χ4n) is 3.07. The van der Waals surface area contributed by atoms with E-state index < -0.39 is 17.8 Å². The van der Waals surface area contributed by atoms with Crippen LogP contribution >= 0.6 is 11.3 Å². The van der Waals surface area contributed by atoms with Crippen molar-refractivity contribution in [1.29, 1.82) is 0 Å². The molecule has 0 saturated carbocycles. The lowest BCUT2D eigenvalue weighted by Crippen LogP contribution is -2.13. The zero-order valence-electron chi connectivity index (χ0n) is 17.9. The predicted octanol–water partition coefficient (Wildman–Crippen LogP) is 3.73. The van der Waals surface area contributed by atoms with Gasteiger partial charge in [-0.2, -0.15) is 5.10 Å². The summed E-state index contributed by atoms with van der Waals surface area (Å²) in [6.45, 7) is 7.69. The van der Waals surface area contributed by atoms with Crippen LogP contribution in [0.2, 0.25) is 0 Å². The molecule has 1 N–H and O–H groups in total. The predicted molar refractivity (Wildman–Crippen MR) is 114 cm³/mol. The molecule has 0 radical (unpaired) electrons. The minimum absolute atomic E-state index is 0.0658. The number of amides is 1. The number of aromatic nitrogens is 2. The molecule has 1 amide bonds. The number of nitrogens with zero attached hydrogens (tertiary/aromatic N) is 2. The molecular formula is C21H23N3O6S. The second-order valence-electron chi connectivity index (χ2n) is 6.78. The van der Waals surface area contributed by atoms with Gasteiger partial charge in [-0.1, -0.05) is 0 Å². The van der Waals surface area contributed by atoms with Crippen molar-refractivity contribution in [2.45, 2.75) is 34.2 Å². The van der Waals surface area contributed by atoms with Crippen LogP contribution in [0.4, 0.5) is 5.00 Å². The highest BCUT2D eigenvalue weighted by molar-refractivity contribution is 7.18. The molecule has 3 aromatic heterocycles. The zero-order valence-corrected chi connectivity index (χ0v) is 18.7. The summed E-state index contributed by atoms with van der Waals surface area (Å²) in [4.78, 5) is 37.4. The third-order valence-corrected chi connectivity index (χ3v) is 5.71. The number of carbonyl (C=O) groups is 3. The Bertz CT molecular complexity index is 1140. The highest BCUT2D eigenvalue weighted by Crippen LogP contribution is 2.34. The van der Waals surface area contributed by atoms with Gasteiger partial charge in [-0.05, 0) is 51.5 Å². The van der Waals surface area contributed by atoms with Gasteiger partial charge in [0.05, 0.1) is 31.5 Å². The minimum Gasteiger partial charge on any atom is -0.465 e. The van der Waals surface area contributed by atoms with Gasteiger partial charge in [0.2, 0.25) is 0 Å². The van der Waals surface area contributed by atoms with Gasteiger partial charge >= 0.3 is 11.9 Å². The van der Waals surface area contributed by atoms with E-state index in [2.05, 4.69) is 10.4 Å². The van der Waals surface area contributed by atoms with Gasteiger partial charge in [-0.3, -0.25) is 9.48 Å². The second kappa shape index (κ2) is 9.17. The summed E-state index contributed by atoms with van der Waals surface area (Å²) in [6, 6.07) is 5.18. The van der Waals surface area contributed by atoms with Crippen molar-refractivity contribution in [2.24, 2.45) is 0 Å². The van der Waals surface area contributed by atoms with Gasteiger partial charge in [0, 0.05) is 5.69 Å². The van der Waals surface area contributed by atoms with Crippen LogP contribution in [0.15, 0.2) is 22.6 Å². The van der Waals surface area contributed by atoms with Gasteiger partial charge in [-0.15, -0.1) is 11.3 Å². The highest BCUT2D eigenvalue weighted by atomic mass is 32.1. The SMILES string of the molecule is CCOC(=O)c1sc(NC(=O)c2ccc(Cn3nc(C)cc3C)o2)c(C(=O)OC)c1C. The van der Waals surface area contributed by atoms with Crippen LogP contribution in [0.5, 0.6) is 0 Å². The van der Waals surface area contributed by atoms with E-state index in [1.54, 1.807) is 30.7 Å². The first kappa shape index (κ1) is 22.3. The molecule has 31 heavy (non-hydrogen) atoms. The third kappa shape index (κ3) is 4.69. The van der Waals surface area contributed by atoms with Crippen molar-refractivity contribution >= 4 is 34.2 Å². The van der Waals surface area contributed by atoms with E-state index in [-0.39, 0.29) is 27.8 Å². The third-order valence-electron chi connectivity index (χ3n) is 4.52. The lowest BCUT2D eigenvalue weighted by atomic mass is 10.1. The summed E-state index contributed by atoms with van der Waals surface area (Å²) >= 11 is 0.952. The molecule has 0 aliphatic heterocycles. The molecule has 0 aliphatic rings. The summed E-state index contributed by atoms with van der Waals surface area (Å²) in [5.74, 6) is -1.17. The van der Waals surface area contributed by atoms with E-state index >= 15 is 0 Å². The molecule has 0 fully saturated rings. The van der Waals surface area contributed by atoms with Crippen LogP contribution in [-0.4, -0.2) is 41.3 Å². The minimum atomic E-state index is -0.663. The Kier molecular flexibility index (Phi) is 6.59. The molecule has 0 atom stereocenters. The number of hydrogen-bond acceptors (Lipinski definition) is 8. The molecule has 3 rings (SSSR count). The fourth-order valence-corrected chi connectivity index (χ4v) is 4.16. The number of anilines is 1. The largest absolute Gasteiger partial charge is 0.465 e. The molecule has 0 aliphatic carbocycles. The second-order valence-corrected chi connectivity index (χ2v) is 7.80. The average Bonchev–Trinajstić information content (AvgIpc) is 3.40. The van der Waals surface area contributed by atoms with Gasteiger partial charge in [0.15, 0.2) is 5.76 Å². The first-order valence-electron chi connectivity index (χ1n) is 9.55. The molecular weight excluding hydrogens is 422 g/mol. The maximum Gasteiger partial charge on any atom is 0.348 e. The zero-order chi connectivity index (χ0) is 22.7. The van der Waals surface area contributed by atoms with Crippen molar-refractivity contribution in [2.75, 3.05) is 19.0 Å². The smallest absolute Gasteiger partial charge is 0.348 e. The van der Waals surface area contributed by atoms with E-state index in [1.165, 1.54) is 7.11 Å². The van der Waals surface area contributed by atoms with Crippen LogP contribution in [0.25, 0.3) is 0 Å². The quantitative estimate of drug-likeness (QED) is 0.551. The Labute approximate surface area is 182 Å². The van der Waals surface area contributed by atoms with Gasteiger partial charge in [0.25, 0.3) is 5.91 Å². The number of ether oxygens (including phenoxy) is 2. The van der Waals surface area contributed by atoms with E-state index in [0.29, 0.717) is 17.9 Å². The summed E-state index contributed by atoms with van der Waals surface area (Å²) < 4.78 is 17.3. The number of rotatable bonds is 7. The summed E-state index contributed by atoms with van der Waals surface area (Å²) in [6.07, 6.45) is 0. The molecule has 0 aromatic carbocycles. The molecule has 10 heteroatoms. The first-order valence-corrected chi connectivity index (χ1v) is 10.4. The fraction of sp³-hybridized carbons (Fsp3) is 0.333. The maximum atomic E-state index is 12.7. The standard InChI is InChI=1S/C21H23N3O6S/c1-6-29-21(27)17-13(4)16(20(26)28-5)19(31-17)22-18(25)15-8-7-14(30-15)10-24-12(3)9-11(2)23-24/h7-9H,6,10H2,1-5H3,(H,22,25). The Morgan fingerprint density at radius 2 is 1.94 bits per heavy atom. The molecule has 3 heterocycles. The molecule has 9 nitrogen and oxygen atoms in total. The van der Waals surface area contributed by atoms with Crippen molar-refractivity contribution < 1.29 is 28.3 Å². The maximum absolute atomic E-state index is 12.7. The van der Waals surface area contributed by atoms with Crippen molar-refractivity contribution in [3.63, 3.8) is 0 Å². The van der Waals surface area contributed by atoms with Crippen LogP contribution in [0.3, 0.4) is 0 Å². The van der Waals surface area contributed by atoms with Crippen molar-refractivity contribution in [3.8, 4) is 0 Å². The summed E-state index contributed by atoms with van der Waals surface area (Å²) in [5.41, 5.74) is 2.36. The molecule has 3 aromatic rings. The number of thiophene rings is 1. The van der Waals surface area contributed by atoms with Gasteiger partial charge in [-0.25, -0.2) is 9.59 Å². The molecule has 0 bridgehead atoms. The van der Waals surface area contributed by atoms with E-state index in [4.69, 9.17) is 13.9 Å². The van der Waals surface area contributed by atoms with Crippen molar-refractivity contribution in [1.82, 2.24) is 9.78 Å². The molecule has 164 valence electrons. The Morgan fingerprint density at radius 3 is 2.55 bits per heavy atom. The van der Waals surface area contributed by atoms with Crippen molar-refractivity contribution in [3.05, 3.63) is 57.1 Å². The Balaban J connectivity index is 1.83. The number of hydrogen-bond donors (Lipinski definition) is 1. The number of carbonyl (C=O) groups excluding carboxylic acids is 3. The summed E-state index contributed by atoms with van der Waals surface area (Å²) in [7, 11) is 1.23. The summed E-state index contributed by atoms with van der Waals surface area (Å²) in [5, 5.41) is 7.21. The van der Waals surface area contributed by atoms with Crippen LogP contribution in [0.1, 0.15) is 60.2 Å². The normalized spacial score (nSPS) is 10.7. The average molecular weight is 445 g/mol. The van der Waals surface area contributed by atoms with Crippen LogP contribution < -0.4 is 5.32 Å². The number of furan rings is 1. The topological polar surface area (TPSA) is 113 Å². The number of aryl methyl sites for hydroxylation is 2. The molecule has 0 spiro atoms. The monoisotopic (exact) mass is 445 g/mol.